The van der Waals surface area contributed by atoms with Crippen LogP contribution in [0.25, 0.3) is 0 Å². The van der Waals surface area contributed by atoms with Gasteiger partial charge in [-0.1, -0.05) is 19.9 Å². The van der Waals surface area contributed by atoms with Gasteiger partial charge < -0.3 is 10.2 Å². The second kappa shape index (κ2) is 6.70. The fraction of sp³-hybridized carbons (Fsp3) is 0.600. The smallest absolute Gasteiger partial charge is 0.274 e. The van der Waals surface area contributed by atoms with Crippen LogP contribution in [0.4, 0.5) is 11.4 Å². The van der Waals surface area contributed by atoms with Crippen LogP contribution >= 0.6 is 0 Å². The van der Waals surface area contributed by atoms with Gasteiger partial charge in [0.2, 0.25) is 0 Å². The van der Waals surface area contributed by atoms with Crippen molar-refractivity contribution in [3.63, 3.8) is 0 Å². The molecule has 0 bridgehead atoms. The number of nitro benzene ring substituents is 1. The minimum Gasteiger partial charge on any atom is -0.382 e. The van der Waals surface area contributed by atoms with Crippen LogP contribution in [0.2, 0.25) is 0 Å². The Balaban J connectivity index is 2.03. The summed E-state index contributed by atoms with van der Waals surface area (Å²) in [5.74, 6) is 0. The maximum absolute atomic E-state index is 11.1. The van der Waals surface area contributed by atoms with E-state index in [0.29, 0.717) is 12.5 Å². The van der Waals surface area contributed by atoms with E-state index in [1.165, 1.54) is 0 Å². The number of nitrogens with zero attached hydrogens (tertiary/aromatic N) is 2. The van der Waals surface area contributed by atoms with Gasteiger partial charge in [-0.15, -0.1) is 0 Å². The molecule has 0 amide bonds. The van der Waals surface area contributed by atoms with Gasteiger partial charge in [-0.05, 0) is 31.9 Å². The molecule has 1 aliphatic rings. The Hall–Kier alpha value is -1.62. The van der Waals surface area contributed by atoms with Crippen molar-refractivity contribution in [2.75, 3.05) is 25.0 Å². The van der Waals surface area contributed by atoms with Crippen molar-refractivity contribution in [2.45, 2.75) is 39.2 Å². The summed E-state index contributed by atoms with van der Waals surface area (Å²) in [6.45, 7) is 7.42. The van der Waals surface area contributed by atoms with Crippen LogP contribution in [-0.2, 0) is 6.42 Å². The first-order valence-corrected chi connectivity index (χ1v) is 7.40. The number of benzene rings is 1. The molecular weight excluding hydrogens is 254 g/mol. The van der Waals surface area contributed by atoms with Crippen molar-refractivity contribution in [1.29, 1.82) is 0 Å². The van der Waals surface area contributed by atoms with Crippen molar-refractivity contribution in [3.8, 4) is 0 Å². The molecule has 0 spiro atoms. The minimum atomic E-state index is -0.288. The first kappa shape index (κ1) is 14.8. The Morgan fingerprint density at radius 2 is 2.05 bits per heavy atom. The fourth-order valence-corrected chi connectivity index (χ4v) is 2.75. The first-order valence-electron chi connectivity index (χ1n) is 7.40. The van der Waals surface area contributed by atoms with E-state index in [1.807, 2.05) is 19.1 Å². The van der Waals surface area contributed by atoms with Crippen molar-refractivity contribution in [3.05, 3.63) is 33.9 Å². The average molecular weight is 277 g/mol. The van der Waals surface area contributed by atoms with Crippen LogP contribution in [0.3, 0.4) is 0 Å². The van der Waals surface area contributed by atoms with Crippen LogP contribution in [-0.4, -0.2) is 35.5 Å². The number of anilines is 1. The highest BCUT2D eigenvalue weighted by Crippen LogP contribution is 2.25. The van der Waals surface area contributed by atoms with Gasteiger partial charge in [-0.3, -0.25) is 10.1 Å². The maximum atomic E-state index is 11.1. The zero-order valence-electron chi connectivity index (χ0n) is 12.3. The van der Waals surface area contributed by atoms with E-state index in [9.17, 15) is 10.1 Å². The largest absolute Gasteiger partial charge is 0.382 e. The second-order valence-corrected chi connectivity index (χ2v) is 5.31. The lowest BCUT2D eigenvalue weighted by Crippen LogP contribution is -2.38. The van der Waals surface area contributed by atoms with Crippen LogP contribution < -0.4 is 5.32 Å². The fourth-order valence-electron chi connectivity index (χ4n) is 2.75. The summed E-state index contributed by atoms with van der Waals surface area (Å²) in [6.07, 6.45) is 2.87. The van der Waals surface area contributed by atoms with Crippen LogP contribution in [0.1, 0.15) is 32.3 Å². The molecule has 1 fully saturated rings. The van der Waals surface area contributed by atoms with Gasteiger partial charge in [0.25, 0.3) is 5.69 Å². The maximum Gasteiger partial charge on any atom is 0.274 e. The molecule has 5 nitrogen and oxygen atoms in total. The predicted octanol–water partition coefficient (Wildman–Crippen LogP) is 3.05. The summed E-state index contributed by atoms with van der Waals surface area (Å²) >= 11 is 0. The summed E-state index contributed by atoms with van der Waals surface area (Å²) in [7, 11) is 0. The first-order chi connectivity index (χ1) is 9.63. The van der Waals surface area contributed by atoms with Gasteiger partial charge in [0.1, 0.15) is 0 Å². The summed E-state index contributed by atoms with van der Waals surface area (Å²) in [4.78, 5) is 13.2. The average Bonchev–Trinajstić information content (AvgIpc) is 2.48. The van der Waals surface area contributed by atoms with Crippen molar-refractivity contribution < 1.29 is 4.92 Å². The molecule has 1 N–H and O–H groups in total. The summed E-state index contributed by atoms with van der Waals surface area (Å²) < 4.78 is 0. The molecule has 110 valence electrons. The highest BCUT2D eigenvalue weighted by Gasteiger charge is 2.19. The Kier molecular flexibility index (Phi) is 4.95. The van der Waals surface area contributed by atoms with Gasteiger partial charge in [0.15, 0.2) is 0 Å². The number of aryl methyl sites for hydroxylation is 1. The van der Waals surface area contributed by atoms with Crippen LogP contribution in [0, 0.1) is 10.1 Å². The molecule has 0 radical (unpaired) electrons. The van der Waals surface area contributed by atoms with Gasteiger partial charge in [-0.25, -0.2) is 0 Å². The zero-order valence-corrected chi connectivity index (χ0v) is 12.3. The standard InChI is InChI=1S/C15H23N3O2/c1-3-12-5-6-14(11-15(12)18(19)20)16-13-7-9-17(4-2)10-8-13/h5-6,11,13,16H,3-4,7-10H2,1-2H3. The molecule has 0 atom stereocenters. The van der Waals surface area contributed by atoms with Crippen LogP contribution in [0.5, 0.6) is 0 Å². The molecule has 0 aliphatic carbocycles. The third-order valence-electron chi connectivity index (χ3n) is 4.07. The number of nitro groups is 1. The van der Waals surface area contributed by atoms with Crippen LogP contribution in [0.15, 0.2) is 18.2 Å². The summed E-state index contributed by atoms with van der Waals surface area (Å²) in [6, 6.07) is 5.91. The third kappa shape index (κ3) is 3.48. The van der Waals surface area contributed by atoms with Gasteiger partial charge in [0, 0.05) is 36.4 Å². The number of rotatable bonds is 5. The SMILES string of the molecule is CCc1ccc(NC2CCN(CC)CC2)cc1[N+](=O)[O-]. The van der Waals surface area contributed by atoms with E-state index in [1.54, 1.807) is 6.07 Å². The Morgan fingerprint density at radius 3 is 2.60 bits per heavy atom. The normalized spacial score (nSPS) is 17.1. The Morgan fingerprint density at radius 1 is 1.35 bits per heavy atom. The summed E-state index contributed by atoms with van der Waals surface area (Å²) in [5.41, 5.74) is 1.88. The highest BCUT2D eigenvalue weighted by molar-refractivity contribution is 5.55. The predicted molar refractivity (Wildman–Crippen MR) is 81.2 cm³/mol. The minimum absolute atomic E-state index is 0.225. The molecule has 5 heteroatoms. The molecule has 20 heavy (non-hydrogen) atoms. The molecule has 1 saturated heterocycles. The number of hydrogen-bond acceptors (Lipinski definition) is 4. The number of nitrogens with one attached hydrogen (secondary N) is 1. The number of piperidine rings is 1. The molecule has 1 heterocycles. The van der Waals surface area contributed by atoms with Crippen molar-refractivity contribution in [1.82, 2.24) is 4.90 Å². The summed E-state index contributed by atoms with van der Waals surface area (Å²) in [5, 5.41) is 14.5. The van der Waals surface area contributed by atoms with Gasteiger partial charge in [0.05, 0.1) is 4.92 Å². The zero-order chi connectivity index (χ0) is 14.5. The molecular formula is C15H23N3O2. The van der Waals surface area contributed by atoms with Crippen molar-refractivity contribution in [2.24, 2.45) is 0 Å². The van der Waals surface area contributed by atoms with Gasteiger partial charge in [-0.2, -0.15) is 0 Å². The van der Waals surface area contributed by atoms with E-state index in [-0.39, 0.29) is 10.6 Å². The topological polar surface area (TPSA) is 58.4 Å². The van der Waals surface area contributed by atoms with E-state index >= 15 is 0 Å². The molecule has 0 unspecified atom stereocenters. The molecule has 0 saturated carbocycles. The number of hydrogen-bond donors (Lipinski definition) is 1. The molecule has 1 aromatic rings. The number of likely N-dealkylation sites (tertiary alicyclic amines) is 1. The van der Waals surface area contributed by atoms with E-state index in [0.717, 1.165) is 43.7 Å². The molecule has 1 aromatic carbocycles. The molecule has 1 aliphatic heterocycles. The lowest BCUT2D eigenvalue weighted by molar-refractivity contribution is -0.385. The second-order valence-electron chi connectivity index (χ2n) is 5.31. The van der Waals surface area contributed by atoms with E-state index in [4.69, 9.17) is 0 Å². The van der Waals surface area contributed by atoms with Crippen molar-refractivity contribution >= 4 is 11.4 Å². The quantitative estimate of drug-likeness (QED) is 0.664. The highest BCUT2D eigenvalue weighted by atomic mass is 16.6. The lowest BCUT2D eigenvalue weighted by atomic mass is 10.0. The Bertz CT molecular complexity index is 468. The molecule has 0 aromatic heterocycles. The van der Waals surface area contributed by atoms with E-state index < -0.39 is 0 Å². The Labute approximate surface area is 120 Å². The third-order valence-corrected chi connectivity index (χ3v) is 4.07. The lowest BCUT2D eigenvalue weighted by Gasteiger charge is -2.32. The molecule has 2 rings (SSSR count). The monoisotopic (exact) mass is 277 g/mol. The van der Waals surface area contributed by atoms with E-state index in [2.05, 4.69) is 17.1 Å². The van der Waals surface area contributed by atoms with Gasteiger partial charge >= 0.3 is 0 Å².